The van der Waals surface area contributed by atoms with E-state index in [2.05, 4.69) is 15.5 Å². The Bertz CT molecular complexity index is 579. The van der Waals surface area contributed by atoms with Gasteiger partial charge in [0, 0.05) is 24.4 Å². The summed E-state index contributed by atoms with van der Waals surface area (Å²) >= 11 is 0. The molecule has 0 unspecified atom stereocenters. The molecule has 0 amide bonds. The molecular formula is C15H23N5O. The number of hydrogen-bond donors (Lipinski definition) is 1. The summed E-state index contributed by atoms with van der Waals surface area (Å²) in [6.45, 7) is 7.59. The third kappa shape index (κ3) is 4.01. The number of nitrogens with zero attached hydrogens (tertiary/aromatic N) is 4. The molecule has 1 aromatic heterocycles. The average molecular weight is 289 g/mol. The SMILES string of the molecule is Cc1cccc(-c2nnnn2CCCCOC(C)C)c1N. The number of ether oxygens (including phenoxy) is 1. The van der Waals surface area contributed by atoms with Crippen LogP contribution >= 0.6 is 0 Å². The van der Waals surface area contributed by atoms with Gasteiger partial charge in [0.1, 0.15) is 0 Å². The molecule has 6 heteroatoms. The first-order valence-corrected chi connectivity index (χ1v) is 7.33. The lowest BCUT2D eigenvalue weighted by Crippen LogP contribution is -2.08. The molecule has 2 aromatic rings. The number of unbranched alkanes of at least 4 members (excludes halogenated alkanes) is 1. The van der Waals surface area contributed by atoms with E-state index in [0.29, 0.717) is 0 Å². The van der Waals surface area contributed by atoms with E-state index in [1.54, 1.807) is 4.68 Å². The number of rotatable bonds is 7. The Labute approximate surface area is 125 Å². The van der Waals surface area contributed by atoms with Crippen molar-refractivity contribution in [1.29, 1.82) is 0 Å². The van der Waals surface area contributed by atoms with E-state index in [0.717, 1.165) is 48.6 Å². The number of nitrogen functional groups attached to an aromatic ring is 1. The van der Waals surface area contributed by atoms with Crippen LogP contribution in [0.1, 0.15) is 32.3 Å². The summed E-state index contributed by atoms with van der Waals surface area (Å²) in [5.41, 5.74) is 8.78. The average Bonchev–Trinajstić information content (AvgIpc) is 2.89. The van der Waals surface area contributed by atoms with Crippen molar-refractivity contribution in [2.75, 3.05) is 12.3 Å². The second kappa shape index (κ2) is 7.17. The van der Waals surface area contributed by atoms with E-state index in [-0.39, 0.29) is 6.10 Å². The maximum atomic E-state index is 6.12. The van der Waals surface area contributed by atoms with Gasteiger partial charge in [0.25, 0.3) is 0 Å². The van der Waals surface area contributed by atoms with Crippen molar-refractivity contribution in [3.8, 4) is 11.4 Å². The number of aromatic nitrogens is 4. The highest BCUT2D eigenvalue weighted by atomic mass is 16.5. The summed E-state index contributed by atoms with van der Waals surface area (Å²) < 4.78 is 7.34. The molecule has 0 atom stereocenters. The molecule has 21 heavy (non-hydrogen) atoms. The fraction of sp³-hybridized carbons (Fsp3) is 0.533. The smallest absolute Gasteiger partial charge is 0.184 e. The van der Waals surface area contributed by atoms with Crippen molar-refractivity contribution in [2.24, 2.45) is 0 Å². The molecule has 0 aliphatic carbocycles. The lowest BCUT2D eigenvalue weighted by molar-refractivity contribution is 0.0753. The van der Waals surface area contributed by atoms with Crippen LogP contribution in [-0.2, 0) is 11.3 Å². The van der Waals surface area contributed by atoms with Gasteiger partial charge in [-0.25, -0.2) is 4.68 Å². The van der Waals surface area contributed by atoms with Gasteiger partial charge in [-0.15, -0.1) is 5.10 Å². The summed E-state index contributed by atoms with van der Waals surface area (Å²) in [6, 6.07) is 5.90. The molecule has 1 aromatic carbocycles. The van der Waals surface area contributed by atoms with E-state index < -0.39 is 0 Å². The Morgan fingerprint density at radius 1 is 1.29 bits per heavy atom. The molecule has 0 bridgehead atoms. The molecule has 0 saturated heterocycles. The van der Waals surface area contributed by atoms with Crippen molar-refractivity contribution < 1.29 is 4.74 Å². The minimum Gasteiger partial charge on any atom is -0.398 e. The van der Waals surface area contributed by atoms with Gasteiger partial charge in [-0.05, 0) is 55.7 Å². The van der Waals surface area contributed by atoms with Crippen LogP contribution in [0.15, 0.2) is 18.2 Å². The quantitative estimate of drug-likeness (QED) is 0.625. The molecule has 2 rings (SSSR count). The van der Waals surface area contributed by atoms with Crippen molar-refractivity contribution in [3.63, 3.8) is 0 Å². The summed E-state index contributed by atoms with van der Waals surface area (Å²) in [6.07, 6.45) is 2.23. The molecule has 114 valence electrons. The number of aryl methyl sites for hydroxylation is 2. The molecule has 0 aliphatic heterocycles. The summed E-state index contributed by atoms with van der Waals surface area (Å²) in [7, 11) is 0. The highest BCUT2D eigenvalue weighted by Crippen LogP contribution is 2.26. The van der Waals surface area contributed by atoms with Gasteiger partial charge in [-0.2, -0.15) is 0 Å². The highest BCUT2D eigenvalue weighted by Gasteiger charge is 2.12. The molecule has 0 spiro atoms. The third-order valence-corrected chi connectivity index (χ3v) is 3.31. The van der Waals surface area contributed by atoms with Crippen molar-refractivity contribution in [3.05, 3.63) is 23.8 Å². The van der Waals surface area contributed by atoms with Crippen molar-refractivity contribution in [2.45, 2.75) is 46.3 Å². The Morgan fingerprint density at radius 2 is 2.10 bits per heavy atom. The monoisotopic (exact) mass is 289 g/mol. The van der Waals surface area contributed by atoms with Gasteiger partial charge >= 0.3 is 0 Å². The van der Waals surface area contributed by atoms with E-state index in [9.17, 15) is 0 Å². The summed E-state index contributed by atoms with van der Waals surface area (Å²) in [5.74, 6) is 0.723. The van der Waals surface area contributed by atoms with E-state index in [1.165, 1.54) is 0 Å². The van der Waals surface area contributed by atoms with Gasteiger partial charge in [0.05, 0.1) is 6.10 Å². The van der Waals surface area contributed by atoms with Crippen LogP contribution in [0.5, 0.6) is 0 Å². The van der Waals surface area contributed by atoms with E-state index >= 15 is 0 Å². The minimum absolute atomic E-state index is 0.278. The normalized spacial score (nSPS) is 11.2. The fourth-order valence-electron chi connectivity index (χ4n) is 2.11. The number of hydrogen-bond acceptors (Lipinski definition) is 5. The molecule has 2 N–H and O–H groups in total. The number of benzene rings is 1. The number of para-hydroxylation sites is 1. The number of tetrazole rings is 1. The molecule has 0 aliphatic rings. The minimum atomic E-state index is 0.278. The summed E-state index contributed by atoms with van der Waals surface area (Å²) in [4.78, 5) is 0. The van der Waals surface area contributed by atoms with E-state index in [4.69, 9.17) is 10.5 Å². The number of nitrogens with two attached hydrogens (primary N) is 1. The zero-order chi connectivity index (χ0) is 15.2. The molecular weight excluding hydrogens is 266 g/mol. The van der Waals surface area contributed by atoms with Crippen molar-refractivity contribution >= 4 is 5.69 Å². The van der Waals surface area contributed by atoms with Crippen molar-refractivity contribution in [1.82, 2.24) is 20.2 Å². The van der Waals surface area contributed by atoms with Crippen LogP contribution in [0.4, 0.5) is 5.69 Å². The first kappa shape index (κ1) is 15.4. The highest BCUT2D eigenvalue weighted by molar-refractivity contribution is 5.73. The zero-order valence-electron chi connectivity index (χ0n) is 12.9. The predicted octanol–water partition coefficient (Wildman–Crippen LogP) is 2.44. The fourth-order valence-corrected chi connectivity index (χ4v) is 2.11. The molecule has 0 saturated carbocycles. The Kier molecular flexibility index (Phi) is 5.27. The Balaban J connectivity index is 2.00. The predicted molar refractivity (Wildman–Crippen MR) is 82.7 cm³/mol. The topological polar surface area (TPSA) is 78.8 Å². The largest absolute Gasteiger partial charge is 0.398 e. The third-order valence-electron chi connectivity index (χ3n) is 3.31. The summed E-state index contributed by atoms with van der Waals surface area (Å²) in [5, 5.41) is 11.9. The number of anilines is 1. The maximum absolute atomic E-state index is 6.12. The van der Waals surface area contributed by atoms with Gasteiger partial charge < -0.3 is 10.5 Å². The van der Waals surface area contributed by atoms with E-state index in [1.807, 2.05) is 39.0 Å². The first-order valence-electron chi connectivity index (χ1n) is 7.33. The van der Waals surface area contributed by atoms with Gasteiger partial charge in [-0.3, -0.25) is 0 Å². The first-order chi connectivity index (χ1) is 10.1. The second-order valence-electron chi connectivity index (χ2n) is 5.39. The lowest BCUT2D eigenvalue weighted by atomic mass is 10.1. The second-order valence-corrected chi connectivity index (χ2v) is 5.39. The van der Waals surface area contributed by atoms with Crippen LogP contribution in [-0.4, -0.2) is 32.9 Å². The Hall–Kier alpha value is -1.95. The van der Waals surface area contributed by atoms with Crippen LogP contribution in [0.3, 0.4) is 0 Å². The van der Waals surface area contributed by atoms with Crippen LogP contribution in [0, 0.1) is 6.92 Å². The zero-order valence-corrected chi connectivity index (χ0v) is 12.9. The maximum Gasteiger partial charge on any atom is 0.184 e. The molecule has 0 radical (unpaired) electrons. The Morgan fingerprint density at radius 3 is 2.86 bits per heavy atom. The van der Waals surface area contributed by atoms with Gasteiger partial charge in [-0.1, -0.05) is 12.1 Å². The van der Waals surface area contributed by atoms with Gasteiger partial charge in [0.15, 0.2) is 5.82 Å². The van der Waals surface area contributed by atoms with Crippen LogP contribution < -0.4 is 5.73 Å². The molecule has 0 fully saturated rings. The molecule has 6 nitrogen and oxygen atoms in total. The van der Waals surface area contributed by atoms with Crippen LogP contribution in [0.25, 0.3) is 11.4 Å². The van der Waals surface area contributed by atoms with Crippen LogP contribution in [0.2, 0.25) is 0 Å². The standard InChI is InChI=1S/C15H23N5O/c1-11(2)21-10-5-4-9-20-15(17-18-19-20)13-8-6-7-12(3)14(13)16/h6-8,11H,4-5,9-10,16H2,1-3H3. The molecule has 1 heterocycles. The van der Waals surface area contributed by atoms with Gasteiger partial charge in [0.2, 0.25) is 0 Å². The lowest BCUT2D eigenvalue weighted by Gasteiger charge is -2.09.